The van der Waals surface area contributed by atoms with Gasteiger partial charge in [0.1, 0.15) is 0 Å². The lowest BCUT2D eigenvalue weighted by atomic mass is 10.1. The Morgan fingerprint density at radius 1 is 1.70 bits per heavy atom. The molecule has 0 aliphatic carbocycles. The van der Waals surface area contributed by atoms with Crippen molar-refractivity contribution >= 4 is 6.41 Å². The molecule has 0 fully saturated rings. The number of rotatable bonds is 6. The zero-order valence-electron chi connectivity index (χ0n) is 6.34. The summed E-state index contributed by atoms with van der Waals surface area (Å²) in [7, 11) is 0. The minimum atomic E-state index is -0.0440. The molecule has 0 aromatic carbocycles. The highest BCUT2D eigenvalue weighted by Gasteiger charge is 2.02. The lowest BCUT2D eigenvalue weighted by Crippen LogP contribution is -2.30. The normalized spacial score (nSPS) is 12.6. The standard InChI is InChI=1S/C7H15NO2/c1-2-3-4-7(5-9)8-6-10/h6-7,9H,2-5H2,1H3,(H,8,10). The largest absolute Gasteiger partial charge is 0.394 e. The molecular weight excluding hydrogens is 130 g/mol. The molecule has 10 heavy (non-hydrogen) atoms. The van der Waals surface area contributed by atoms with Crippen LogP contribution in [0.3, 0.4) is 0 Å². The molecule has 0 bridgehead atoms. The van der Waals surface area contributed by atoms with E-state index in [2.05, 4.69) is 12.2 Å². The molecule has 0 saturated carbocycles. The number of hydrogen-bond donors (Lipinski definition) is 2. The summed E-state index contributed by atoms with van der Waals surface area (Å²) in [5, 5.41) is 11.2. The maximum Gasteiger partial charge on any atom is 0.207 e. The Kier molecular flexibility index (Phi) is 6.18. The molecule has 3 nitrogen and oxygen atoms in total. The minimum absolute atomic E-state index is 0.0404. The van der Waals surface area contributed by atoms with Gasteiger partial charge in [-0.3, -0.25) is 4.79 Å². The highest BCUT2D eigenvalue weighted by molar-refractivity contribution is 5.46. The Labute approximate surface area is 61.4 Å². The van der Waals surface area contributed by atoms with E-state index in [1.54, 1.807) is 0 Å². The average molecular weight is 145 g/mol. The van der Waals surface area contributed by atoms with Gasteiger partial charge >= 0.3 is 0 Å². The summed E-state index contributed by atoms with van der Waals surface area (Å²) in [6.45, 7) is 2.12. The Bertz CT molecular complexity index is 85.7. The fourth-order valence-electron chi connectivity index (χ4n) is 0.774. The molecule has 0 rings (SSSR count). The van der Waals surface area contributed by atoms with Gasteiger partial charge < -0.3 is 10.4 Å². The summed E-state index contributed by atoms with van der Waals surface area (Å²) in [5.74, 6) is 0. The van der Waals surface area contributed by atoms with Gasteiger partial charge in [0.15, 0.2) is 0 Å². The van der Waals surface area contributed by atoms with Crippen molar-refractivity contribution in [2.24, 2.45) is 0 Å². The Hall–Kier alpha value is -0.570. The van der Waals surface area contributed by atoms with Crippen molar-refractivity contribution in [2.45, 2.75) is 32.2 Å². The number of hydrogen-bond acceptors (Lipinski definition) is 2. The summed E-state index contributed by atoms with van der Waals surface area (Å²) in [6.07, 6.45) is 3.64. The molecule has 0 aliphatic heterocycles. The second kappa shape index (κ2) is 6.55. The summed E-state index contributed by atoms with van der Waals surface area (Å²) in [6, 6.07) is -0.0440. The summed E-state index contributed by atoms with van der Waals surface area (Å²) < 4.78 is 0. The Morgan fingerprint density at radius 2 is 2.40 bits per heavy atom. The first-order valence-corrected chi connectivity index (χ1v) is 3.65. The third-order valence-corrected chi connectivity index (χ3v) is 1.43. The van der Waals surface area contributed by atoms with Gasteiger partial charge in [-0.1, -0.05) is 19.8 Å². The number of carbonyl (C=O) groups is 1. The van der Waals surface area contributed by atoms with E-state index in [0.717, 1.165) is 19.3 Å². The van der Waals surface area contributed by atoms with E-state index in [1.807, 2.05) is 0 Å². The molecule has 0 saturated heterocycles. The van der Waals surface area contributed by atoms with E-state index < -0.39 is 0 Å². The molecule has 1 atom stereocenters. The van der Waals surface area contributed by atoms with Crippen molar-refractivity contribution in [1.29, 1.82) is 0 Å². The maximum absolute atomic E-state index is 9.92. The van der Waals surface area contributed by atoms with Crippen molar-refractivity contribution in [3.63, 3.8) is 0 Å². The second-order valence-electron chi connectivity index (χ2n) is 2.31. The third kappa shape index (κ3) is 4.32. The first kappa shape index (κ1) is 9.43. The topological polar surface area (TPSA) is 49.3 Å². The maximum atomic E-state index is 9.92. The number of nitrogens with one attached hydrogen (secondary N) is 1. The zero-order valence-corrected chi connectivity index (χ0v) is 6.34. The summed E-state index contributed by atoms with van der Waals surface area (Å²) in [5.41, 5.74) is 0. The summed E-state index contributed by atoms with van der Waals surface area (Å²) in [4.78, 5) is 9.92. The zero-order chi connectivity index (χ0) is 7.82. The van der Waals surface area contributed by atoms with E-state index in [9.17, 15) is 4.79 Å². The molecule has 2 N–H and O–H groups in total. The van der Waals surface area contributed by atoms with Gasteiger partial charge in [0, 0.05) is 0 Å². The van der Waals surface area contributed by atoms with Crippen molar-refractivity contribution < 1.29 is 9.90 Å². The Balaban J connectivity index is 3.29. The highest BCUT2D eigenvalue weighted by Crippen LogP contribution is 1.98. The van der Waals surface area contributed by atoms with Crippen molar-refractivity contribution in [3.05, 3.63) is 0 Å². The van der Waals surface area contributed by atoms with Crippen LogP contribution in [0.25, 0.3) is 0 Å². The van der Waals surface area contributed by atoms with Gasteiger partial charge in [-0.2, -0.15) is 0 Å². The van der Waals surface area contributed by atoms with Crippen LogP contribution in [-0.4, -0.2) is 24.2 Å². The van der Waals surface area contributed by atoms with Crippen LogP contribution >= 0.6 is 0 Å². The average Bonchev–Trinajstić information content (AvgIpc) is 1.98. The smallest absolute Gasteiger partial charge is 0.207 e. The monoisotopic (exact) mass is 145 g/mol. The van der Waals surface area contributed by atoms with Crippen LogP contribution in [0.5, 0.6) is 0 Å². The van der Waals surface area contributed by atoms with Crippen LogP contribution in [0.15, 0.2) is 0 Å². The van der Waals surface area contributed by atoms with Gasteiger partial charge in [-0.15, -0.1) is 0 Å². The fourth-order valence-corrected chi connectivity index (χ4v) is 0.774. The van der Waals surface area contributed by atoms with Crippen LogP contribution < -0.4 is 5.32 Å². The lowest BCUT2D eigenvalue weighted by Gasteiger charge is -2.10. The molecule has 1 amide bonds. The van der Waals surface area contributed by atoms with Gasteiger partial charge in [-0.05, 0) is 6.42 Å². The Morgan fingerprint density at radius 3 is 2.80 bits per heavy atom. The first-order valence-electron chi connectivity index (χ1n) is 3.65. The number of carbonyl (C=O) groups excluding carboxylic acids is 1. The summed E-state index contributed by atoms with van der Waals surface area (Å²) >= 11 is 0. The van der Waals surface area contributed by atoms with E-state index in [0.29, 0.717) is 6.41 Å². The SMILES string of the molecule is CCCCC(CO)NC=O. The van der Waals surface area contributed by atoms with Crippen molar-refractivity contribution in [3.8, 4) is 0 Å². The second-order valence-corrected chi connectivity index (χ2v) is 2.31. The molecule has 0 aromatic rings. The molecule has 0 heterocycles. The number of aliphatic hydroxyl groups excluding tert-OH is 1. The van der Waals surface area contributed by atoms with Gasteiger partial charge in [0.2, 0.25) is 6.41 Å². The molecule has 60 valence electrons. The minimum Gasteiger partial charge on any atom is -0.394 e. The molecule has 0 aliphatic rings. The molecule has 0 aromatic heterocycles. The quantitative estimate of drug-likeness (QED) is 0.527. The first-order chi connectivity index (χ1) is 4.85. The van der Waals surface area contributed by atoms with Crippen LogP contribution in [-0.2, 0) is 4.79 Å². The van der Waals surface area contributed by atoms with Crippen LogP contribution in [0.1, 0.15) is 26.2 Å². The lowest BCUT2D eigenvalue weighted by molar-refractivity contribution is -0.110. The number of unbranched alkanes of at least 4 members (excludes halogenated alkanes) is 1. The van der Waals surface area contributed by atoms with Crippen LogP contribution in [0.4, 0.5) is 0 Å². The third-order valence-electron chi connectivity index (χ3n) is 1.43. The fraction of sp³-hybridized carbons (Fsp3) is 0.857. The molecular formula is C7H15NO2. The number of aliphatic hydroxyl groups is 1. The van der Waals surface area contributed by atoms with Gasteiger partial charge in [-0.25, -0.2) is 0 Å². The predicted molar refractivity (Wildman–Crippen MR) is 39.6 cm³/mol. The molecule has 1 unspecified atom stereocenters. The van der Waals surface area contributed by atoms with E-state index in [-0.39, 0.29) is 12.6 Å². The van der Waals surface area contributed by atoms with E-state index in [1.165, 1.54) is 0 Å². The van der Waals surface area contributed by atoms with E-state index in [4.69, 9.17) is 5.11 Å². The molecule has 0 radical (unpaired) electrons. The molecule has 0 spiro atoms. The predicted octanol–water partition coefficient (Wildman–Crippen LogP) is 0.283. The van der Waals surface area contributed by atoms with E-state index >= 15 is 0 Å². The number of amides is 1. The van der Waals surface area contributed by atoms with Crippen LogP contribution in [0.2, 0.25) is 0 Å². The molecule has 3 heteroatoms. The van der Waals surface area contributed by atoms with Gasteiger partial charge in [0.05, 0.1) is 12.6 Å². The van der Waals surface area contributed by atoms with Crippen molar-refractivity contribution in [2.75, 3.05) is 6.61 Å². The van der Waals surface area contributed by atoms with Crippen molar-refractivity contribution in [1.82, 2.24) is 5.32 Å². The van der Waals surface area contributed by atoms with Crippen LogP contribution in [0, 0.1) is 0 Å². The van der Waals surface area contributed by atoms with Gasteiger partial charge in [0.25, 0.3) is 0 Å². The highest BCUT2D eigenvalue weighted by atomic mass is 16.3.